The maximum absolute atomic E-state index is 10.2. The molecule has 6 heteroatoms. The molecule has 0 saturated heterocycles. The minimum absolute atomic E-state index is 0.00612. The third kappa shape index (κ3) is 2.99. The Labute approximate surface area is 145 Å². The molecule has 0 radical (unpaired) electrons. The molecule has 0 heterocycles. The highest BCUT2D eigenvalue weighted by Crippen LogP contribution is 2.47. The van der Waals surface area contributed by atoms with Gasteiger partial charge in [0.1, 0.15) is 0 Å². The molecule has 0 fully saturated rings. The maximum atomic E-state index is 10.2. The van der Waals surface area contributed by atoms with Crippen LogP contribution in [0, 0.1) is 11.8 Å². The van der Waals surface area contributed by atoms with Crippen LogP contribution in [0.4, 0.5) is 0 Å². The number of fused-ring (bicyclic) bond motifs is 1. The van der Waals surface area contributed by atoms with Crippen LogP contribution in [0.3, 0.4) is 0 Å². The lowest BCUT2D eigenvalue weighted by Gasteiger charge is -2.38. The summed E-state index contributed by atoms with van der Waals surface area (Å²) in [5.41, 5.74) is 2.42. The number of rotatable bonds is 4. The van der Waals surface area contributed by atoms with E-state index in [0.717, 1.165) is 11.1 Å². The molecule has 0 unspecified atom stereocenters. The van der Waals surface area contributed by atoms with Gasteiger partial charge in [0.25, 0.3) is 0 Å². The molecule has 2 aromatic carbocycles. The van der Waals surface area contributed by atoms with Gasteiger partial charge < -0.3 is 30.3 Å². The normalized spacial score (nSPS) is 22.4. The molecule has 134 valence electrons. The van der Waals surface area contributed by atoms with E-state index in [2.05, 4.69) is 0 Å². The summed E-state index contributed by atoms with van der Waals surface area (Å²) in [7, 11) is 1.47. The summed E-state index contributed by atoms with van der Waals surface area (Å²) in [5, 5.41) is 49.3. The van der Waals surface area contributed by atoms with Crippen LogP contribution in [0.2, 0.25) is 0 Å². The molecule has 0 aliphatic heterocycles. The minimum Gasteiger partial charge on any atom is -0.504 e. The topological polar surface area (TPSA) is 110 Å². The quantitative estimate of drug-likeness (QED) is 0.539. The Kier molecular flexibility index (Phi) is 4.74. The number of hydrogen-bond donors (Lipinski definition) is 5. The zero-order valence-corrected chi connectivity index (χ0v) is 13.9. The monoisotopic (exact) mass is 346 g/mol. The van der Waals surface area contributed by atoms with Crippen molar-refractivity contribution >= 4 is 0 Å². The van der Waals surface area contributed by atoms with E-state index in [-0.39, 0.29) is 48.2 Å². The minimum atomic E-state index is -0.339. The molecule has 5 N–H and O–H groups in total. The molecule has 0 bridgehead atoms. The van der Waals surface area contributed by atoms with E-state index in [4.69, 9.17) is 4.74 Å². The van der Waals surface area contributed by atoms with E-state index in [9.17, 15) is 25.5 Å². The summed E-state index contributed by atoms with van der Waals surface area (Å²) in [6, 6.07) is 7.87. The van der Waals surface area contributed by atoms with Crippen LogP contribution < -0.4 is 4.74 Å². The van der Waals surface area contributed by atoms with Crippen LogP contribution in [0.1, 0.15) is 22.6 Å². The van der Waals surface area contributed by atoms with Gasteiger partial charge in [0.15, 0.2) is 23.0 Å². The average Bonchev–Trinajstić information content (AvgIpc) is 2.62. The third-order valence-electron chi connectivity index (χ3n) is 5.10. The molecule has 2 aromatic rings. The van der Waals surface area contributed by atoms with Crippen LogP contribution in [0.5, 0.6) is 23.0 Å². The van der Waals surface area contributed by atoms with E-state index >= 15 is 0 Å². The molecule has 1 aliphatic rings. The van der Waals surface area contributed by atoms with Crippen molar-refractivity contribution in [2.24, 2.45) is 11.8 Å². The lowest BCUT2D eigenvalue weighted by atomic mass is 9.67. The molecule has 0 amide bonds. The summed E-state index contributed by atoms with van der Waals surface area (Å²) in [4.78, 5) is 0. The highest BCUT2D eigenvalue weighted by molar-refractivity contribution is 5.53. The molecule has 0 saturated carbocycles. The van der Waals surface area contributed by atoms with Crippen molar-refractivity contribution in [3.63, 3.8) is 0 Å². The van der Waals surface area contributed by atoms with E-state index in [1.807, 2.05) is 0 Å². The summed E-state index contributed by atoms with van der Waals surface area (Å²) in [5.74, 6) is -0.925. The highest BCUT2D eigenvalue weighted by atomic mass is 16.5. The molecule has 25 heavy (non-hydrogen) atoms. The first-order valence-electron chi connectivity index (χ1n) is 8.13. The molecule has 3 atom stereocenters. The fraction of sp³-hybridized carbons (Fsp3) is 0.368. The lowest BCUT2D eigenvalue weighted by molar-refractivity contribution is 0.101. The van der Waals surface area contributed by atoms with Crippen molar-refractivity contribution in [1.82, 2.24) is 0 Å². The average molecular weight is 346 g/mol. The molecule has 0 aromatic heterocycles. The van der Waals surface area contributed by atoms with Crippen molar-refractivity contribution < 1.29 is 30.3 Å². The number of methoxy groups -OCH3 is 1. The van der Waals surface area contributed by atoms with Gasteiger partial charge in [-0.15, -0.1) is 0 Å². The van der Waals surface area contributed by atoms with Gasteiger partial charge in [-0.05, 0) is 59.2 Å². The van der Waals surface area contributed by atoms with Crippen LogP contribution >= 0.6 is 0 Å². The SMILES string of the molecule is COc1cc2c(cc1O)[C@H](c1ccc(O)c(O)c1)[C@@H](CO)[C@H](CO)C2. The van der Waals surface area contributed by atoms with Crippen molar-refractivity contribution in [3.8, 4) is 23.0 Å². The predicted octanol–water partition coefficient (Wildman–Crippen LogP) is 1.72. The Balaban J connectivity index is 2.19. The molecule has 3 rings (SSSR count). The van der Waals surface area contributed by atoms with Crippen LogP contribution in [-0.4, -0.2) is 45.9 Å². The first-order chi connectivity index (χ1) is 12.0. The smallest absolute Gasteiger partial charge is 0.160 e. The fourth-order valence-corrected chi connectivity index (χ4v) is 3.81. The summed E-state index contributed by atoms with van der Waals surface area (Å²) >= 11 is 0. The van der Waals surface area contributed by atoms with E-state index in [0.29, 0.717) is 17.7 Å². The Bertz CT molecular complexity index is 773. The van der Waals surface area contributed by atoms with Crippen LogP contribution in [0.15, 0.2) is 30.3 Å². The molecular formula is C19H22O6. The number of ether oxygens (including phenoxy) is 1. The fourth-order valence-electron chi connectivity index (χ4n) is 3.81. The lowest BCUT2D eigenvalue weighted by Crippen LogP contribution is -2.35. The zero-order valence-electron chi connectivity index (χ0n) is 13.9. The van der Waals surface area contributed by atoms with Crippen LogP contribution in [0.25, 0.3) is 0 Å². The second-order valence-electron chi connectivity index (χ2n) is 6.44. The molecule has 6 nitrogen and oxygen atoms in total. The van der Waals surface area contributed by atoms with Crippen LogP contribution in [-0.2, 0) is 6.42 Å². The number of phenols is 3. The third-order valence-corrected chi connectivity index (χ3v) is 5.10. The van der Waals surface area contributed by atoms with Crippen molar-refractivity contribution in [1.29, 1.82) is 0 Å². The number of phenolic OH excluding ortho intramolecular Hbond substituents is 3. The van der Waals surface area contributed by atoms with Gasteiger partial charge in [-0.1, -0.05) is 6.07 Å². The van der Waals surface area contributed by atoms with E-state index in [1.54, 1.807) is 18.2 Å². The first-order valence-corrected chi connectivity index (χ1v) is 8.13. The van der Waals surface area contributed by atoms with Gasteiger partial charge in [-0.2, -0.15) is 0 Å². The molecule has 1 aliphatic carbocycles. The van der Waals surface area contributed by atoms with Crippen molar-refractivity contribution in [2.75, 3.05) is 20.3 Å². The van der Waals surface area contributed by atoms with Gasteiger partial charge in [0.05, 0.1) is 7.11 Å². The standard InChI is InChI=1S/C19H22O6/c1-25-18-6-11-4-12(8-20)14(9-21)19(13(11)7-17(18)24)10-2-3-15(22)16(23)5-10/h2-3,5-7,12,14,19-24H,4,8-9H2,1H3/t12-,14-,19-/m0/s1. The molecule has 0 spiro atoms. The van der Waals surface area contributed by atoms with E-state index < -0.39 is 0 Å². The van der Waals surface area contributed by atoms with Crippen molar-refractivity contribution in [2.45, 2.75) is 12.3 Å². The summed E-state index contributed by atoms with van der Waals surface area (Å²) < 4.78 is 5.17. The highest BCUT2D eigenvalue weighted by Gasteiger charge is 2.38. The van der Waals surface area contributed by atoms with Gasteiger partial charge in [-0.25, -0.2) is 0 Å². The number of aliphatic hydroxyl groups is 2. The summed E-state index contributed by atoms with van der Waals surface area (Å²) in [6.45, 7) is -0.238. The van der Waals surface area contributed by atoms with Gasteiger partial charge >= 0.3 is 0 Å². The van der Waals surface area contributed by atoms with Gasteiger partial charge in [0, 0.05) is 19.1 Å². The largest absolute Gasteiger partial charge is 0.504 e. The van der Waals surface area contributed by atoms with Gasteiger partial charge in [0.2, 0.25) is 0 Å². The number of aromatic hydroxyl groups is 3. The maximum Gasteiger partial charge on any atom is 0.160 e. The number of benzene rings is 2. The van der Waals surface area contributed by atoms with E-state index in [1.165, 1.54) is 19.2 Å². The number of aliphatic hydroxyl groups excluding tert-OH is 2. The number of hydrogen-bond acceptors (Lipinski definition) is 6. The molecular weight excluding hydrogens is 324 g/mol. The van der Waals surface area contributed by atoms with Crippen molar-refractivity contribution in [3.05, 3.63) is 47.0 Å². The predicted molar refractivity (Wildman–Crippen MR) is 91.1 cm³/mol. The Morgan fingerprint density at radius 2 is 1.72 bits per heavy atom. The van der Waals surface area contributed by atoms with Gasteiger partial charge in [-0.3, -0.25) is 0 Å². The second kappa shape index (κ2) is 6.82. The second-order valence-corrected chi connectivity index (χ2v) is 6.44. The Hall–Kier alpha value is -2.44. The first kappa shape index (κ1) is 17.4. The Morgan fingerprint density at radius 1 is 0.960 bits per heavy atom. The Morgan fingerprint density at radius 3 is 2.32 bits per heavy atom. The summed E-state index contributed by atoms with van der Waals surface area (Å²) in [6.07, 6.45) is 0.550. The zero-order chi connectivity index (χ0) is 18.1.